The van der Waals surface area contributed by atoms with Gasteiger partial charge in [-0.25, -0.2) is 8.42 Å². The van der Waals surface area contributed by atoms with Crippen LogP contribution in [0.15, 0.2) is 77.7 Å². The number of nitrogens with zero attached hydrogens (tertiary/aromatic N) is 2. The second-order valence-corrected chi connectivity index (χ2v) is 12.1. The van der Waals surface area contributed by atoms with Crippen molar-refractivity contribution in [1.29, 1.82) is 0 Å². The Morgan fingerprint density at radius 2 is 1.61 bits per heavy atom. The van der Waals surface area contributed by atoms with Crippen molar-refractivity contribution in [3.8, 4) is 5.75 Å². The fourth-order valence-corrected chi connectivity index (χ4v) is 5.87. The Balaban J connectivity index is 2.09. The molecule has 41 heavy (non-hydrogen) atoms. The summed E-state index contributed by atoms with van der Waals surface area (Å²) in [5.74, 6) is -0.300. The molecule has 0 saturated carbocycles. The molecule has 220 valence electrons. The van der Waals surface area contributed by atoms with Crippen LogP contribution < -0.4 is 14.4 Å². The molecule has 0 spiro atoms. The first-order chi connectivity index (χ1) is 19.5. The number of methoxy groups -OCH3 is 1. The van der Waals surface area contributed by atoms with E-state index in [1.165, 1.54) is 24.1 Å². The smallest absolute Gasteiger partial charge is 0.264 e. The lowest BCUT2D eigenvalue weighted by Gasteiger charge is -2.34. The lowest BCUT2D eigenvalue weighted by molar-refractivity contribution is -0.140. The molecule has 1 N–H and O–H groups in total. The fourth-order valence-electron chi connectivity index (χ4n) is 4.46. The van der Waals surface area contributed by atoms with Gasteiger partial charge in [0, 0.05) is 18.7 Å². The summed E-state index contributed by atoms with van der Waals surface area (Å²) >= 11 is 0. The highest BCUT2D eigenvalue weighted by molar-refractivity contribution is 7.92. The van der Waals surface area contributed by atoms with E-state index in [4.69, 9.17) is 4.74 Å². The molecular weight excluding hydrogens is 538 g/mol. The van der Waals surface area contributed by atoms with Crippen LogP contribution in [0.4, 0.5) is 5.69 Å². The predicted molar refractivity (Wildman–Crippen MR) is 162 cm³/mol. The van der Waals surface area contributed by atoms with Gasteiger partial charge in [0.2, 0.25) is 11.8 Å². The molecular formula is C32H41N3O5S. The van der Waals surface area contributed by atoms with Gasteiger partial charge in [-0.2, -0.15) is 0 Å². The van der Waals surface area contributed by atoms with Gasteiger partial charge in [-0.15, -0.1) is 0 Å². The number of carbonyl (C=O) groups excluding carboxylic acids is 2. The normalized spacial score (nSPS) is 12.7. The molecule has 3 aromatic carbocycles. The molecule has 8 nitrogen and oxygen atoms in total. The molecule has 0 aromatic heterocycles. The van der Waals surface area contributed by atoms with E-state index in [0.29, 0.717) is 12.2 Å². The zero-order valence-electron chi connectivity index (χ0n) is 24.8. The van der Waals surface area contributed by atoms with Gasteiger partial charge < -0.3 is 15.0 Å². The van der Waals surface area contributed by atoms with Gasteiger partial charge in [0.25, 0.3) is 10.0 Å². The monoisotopic (exact) mass is 579 g/mol. The summed E-state index contributed by atoms with van der Waals surface area (Å²) in [6.45, 7) is 9.22. The summed E-state index contributed by atoms with van der Waals surface area (Å²) < 4.78 is 34.5. The van der Waals surface area contributed by atoms with Crippen LogP contribution in [0.2, 0.25) is 0 Å². The zero-order valence-corrected chi connectivity index (χ0v) is 25.6. The van der Waals surface area contributed by atoms with Gasteiger partial charge >= 0.3 is 0 Å². The van der Waals surface area contributed by atoms with Crippen LogP contribution in [-0.2, 0) is 26.2 Å². The second kappa shape index (κ2) is 14.2. The van der Waals surface area contributed by atoms with E-state index in [9.17, 15) is 18.0 Å². The molecule has 0 aliphatic rings. The molecule has 0 radical (unpaired) electrons. The lowest BCUT2D eigenvalue weighted by atomic mass is 10.1. The van der Waals surface area contributed by atoms with Crippen LogP contribution in [0.1, 0.15) is 50.3 Å². The first kappa shape index (κ1) is 31.7. The number of hydrogen-bond donors (Lipinski definition) is 1. The Morgan fingerprint density at radius 3 is 2.22 bits per heavy atom. The summed E-state index contributed by atoms with van der Waals surface area (Å²) in [5.41, 5.74) is 3.05. The van der Waals surface area contributed by atoms with Crippen molar-refractivity contribution >= 4 is 27.5 Å². The topological polar surface area (TPSA) is 96.0 Å². The zero-order chi connectivity index (χ0) is 30.2. The molecule has 0 heterocycles. The molecule has 9 heteroatoms. The highest BCUT2D eigenvalue weighted by Gasteiger charge is 2.34. The Bertz CT molecular complexity index is 1440. The summed E-state index contributed by atoms with van der Waals surface area (Å²) in [6.07, 6.45) is 1.11. The van der Waals surface area contributed by atoms with Crippen molar-refractivity contribution in [2.24, 2.45) is 0 Å². The third kappa shape index (κ3) is 7.88. The van der Waals surface area contributed by atoms with Gasteiger partial charge in [-0.1, -0.05) is 61.9 Å². The molecule has 0 unspecified atom stereocenters. The Hall–Kier alpha value is -3.85. The van der Waals surface area contributed by atoms with Crippen LogP contribution in [0, 0.1) is 13.8 Å². The summed E-state index contributed by atoms with van der Waals surface area (Å²) in [7, 11) is -2.66. The number of carbonyl (C=O) groups is 2. The van der Waals surface area contributed by atoms with Gasteiger partial charge in [-0.05, 0) is 69.0 Å². The van der Waals surface area contributed by atoms with E-state index < -0.39 is 28.5 Å². The van der Waals surface area contributed by atoms with Gasteiger partial charge in [0.05, 0.1) is 17.7 Å². The minimum atomic E-state index is -4.15. The van der Waals surface area contributed by atoms with Crippen molar-refractivity contribution in [2.45, 2.75) is 71.0 Å². The fraction of sp³-hybridized carbons (Fsp3) is 0.375. The molecule has 3 aromatic rings. The summed E-state index contributed by atoms with van der Waals surface area (Å²) in [5, 5.41) is 3.00. The lowest BCUT2D eigenvalue weighted by Crippen LogP contribution is -2.53. The molecule has 0 aliphatic carbocycles. The highest BCUT2D eigenvalue weighted by Crippen LogP contribution is 2.28. The molecule has 0 saturated heterocycles. The van der Waals surface area contributed by atoms with Crippen molar-refractivity contribution in [2.75, 3.05) is 18.0 Å². The van der Waals surface area contributed by atoms with Crippen molar-refractivity contribution in [3.63, 3.8) is 0 Å². The predicted octanol–water partition coefficient (Wildman–Crippen LogP) is 5.23. The van der Waals surface area contributed by atoms with Gasteiger partial charge in [-0.3, -0.25) is 13.9 Å². The standard InChI is InChI=1S/C32H41N3O5S/c1-7-25(5)33-32(37)30(8-2)34(21-26-13-10-9-12-24(26)4)31(36)22-35(27-14-11-15-28(20-27)40-6)41(38,39)29-18-16-23(3)17-19-29/h9-20,25,30H,7-8,21-22H2,1-6H3,(H,33,37)/t25-,30+/m1/s1. The van der Waals surface area contributed by atoms with Crippen molar-refractivity contribution in [3.05, 3.63) is 89.5 Å². The molecule has 0 fully saturated rings. The molecule has 2 atom stereocenters. The van der Waals surface area contributed by atoms with E-state index in [1.54, 1.807) is 36.4 Å². The molecule has 0 aliphatic heterocycles. The number of aryl methyl sites for hydroxylation is 2. The van der Waals surface area contributed by atoms with Crippen LogP contribution in [0.5, 0.6) is 5.75 Å². The first-order valence-corrected chi connectivity index (χ1v) is 15.3. The molecule has 0 bridgehead atoms. The highest BCUT2D eigenvalue weighted by atomic mass is 32.2. The Labute approximate surface area is 244 Å². The molecule has 2 amide bonds. The Morgan fingerprint density at radius 1 is 0.927 bits per heavy atom. The van der Waals surface area contributed by atoms with Gasteiger partial charge in [0.15, 0.2) is 0 Å². The number of hydrogen-bond acceptors (Lipinski definition) is 5. The van der Waals surface area contributed by atoms with Crippen molar-refractivity contribution in [1.82, 2.24) is 10.2 Å². The quantitative estimate of drug-likeness (QED) is 0.299. The third-order valence-electron chi connectivity index (χ3n) is 7.22. The van der Waals surface area contributed by atoms with E-state index in [2.05, 4.69) is 5.32 Å². The number of nitrogens with one attached hydrogen (secondary N) is 1. The number of benzene rings is 3. The third-order valence-corrected chi connectivity index (χ3v) is 9.01. The van der Waals surface area contributed by atoms with Crippen molar-refractivity contribution < 1.29 is 22.7 Å². The minimum absolute atomic E-state index is 0.0609. The number of amides is 2. The van der Waals surface area contributed by atoms with Crippen LogP contribution >= 0.6 is 0 Å². The second-order valence-electron chi connectivity index (χ2n) is 10.2. The first-order valence-electron chi connectivity index (χ1n) is 13.9. The summed E-state index contributed by atoms with van der Waals surface area (Å²) in [4.78, 5) is 29.2. The van der Waals surface area contributed by atoms with Crippen LogP contribution in [0.25, 0.3) is 0 Å². The van der Waals surface area contributed by atoms with Crippen LogP contribution in [-0.4, -0.2) is 50.9 Å². The SMILES string of the molecule is CC[C@@H](C)NC(=O)[C@H](CC)N(Cc1ccccc1C)C(=O)CN(c1cccc(OC)c1)S(=O)(=O)c1ccc(C)cc1. The largest absolute Gasteiger partial charge is 0.497 e. The van der Waals surface area contributed by atoms with E-state index >= 15 is 0 Å². The average Bonchev–Trinajstić information content (AvgIpc) is 2.96. The van der Waals surface area contributed by atoms with E-state index in [0.717, 1.165) is 27.4 Å². The average molecular weight is 580 g/mol. The number of ether oxygens (including phenoxy) is 1. The van der Waals surface area contributed by atoms with Gasteiger partial charge in [0.1, 0.15) is 18.3 Å². The summed E-state index contributed by atoms with van der Waals surface area (Å²) in [6, 6.07) is 19.9. The maximum absolute atomic E-state index is 14.2. The van der Waals surface area contributed by atoms with Crippen LogP contribution in [0.3, 0.4) is 0 Å². The Kier molecular flexibility index (Phi) is 10.9. The maximum Gasteiger partial charge on any atom is 0.264 e. The maximum atomic E-state index is 14.2. The van der Waals surface area contributed by atoms with E-state index in [1.807, 2.05) is 58.9 Å². The number of rotatable bonds is 13. The molecule has 3 rings (SSSR count). The number of anilines is 1. The minimum Gasteiger partial charge on any atom is -0.497 e. The van der Waals surface area contributed by atoms with E-state index in [-0.39, 0.29) is 29.1 Å². The number of sulfonamides is 1.